The number of fused-ring (bicyclic) bond motifs is 1. The minimum atomic E-state index is -0.493. The van der Waals surface area contributed by atoms with Gasteiger partial charge in [0, 0.05) is 10.5 Å². The highest BCUT2D eigenvalue weighted by Gasteiger charge is 2.28. The molecule has 1 aliphatic rings. The average molecular weight is 435 g/mol. The minimum absolute atomic E-state index is 0.193. The van der Waals surface area contributed by atoms with Gasteiger partial charge in [0.15, 0.2) is 5.76 Å². The van der Waals surface area contributed by atoms with E-state index in [0.717, 1.165) is 11.1 Å². The van der Waals surface area contributed by atoms with Crippen LogP contribution in [0.15, 0.2) is 77.0 Å². The maximum Gasteiger partial charge on any atom is 0.344 e. The second-order valence-electron chi connectivity index (χ2n) is 6.32. The number of allylic oxidation sites excluding steroid dienone is 1. The summed E-state index contributed by atoms with van der Waals surface area (Å²) in [5, 5.41) is 0. The van der Waals surface area contributed by atoms with Crippen molar-refractivity contribution < 1.29 is 19.1 Å². The van der Waals surface area contributed by atoms with E-state index >= 15 is 0 Å². The van der Waals surface area contributed by atoms with Crippen LogP contribution in [0, 0.1) is 6.92 Å². The molecule has 1 aliphatic heterocycles. The Hall–Kier alpha value is -3.18. The summed E-state index contributed by atoms with van der Waals surface area (Å²) in [5.74, 6) is 0.250. The molecule has 0 bridgehead atoms. The third-order valence-corrected chi connectivity index (χ3v) is 5.11. The van der Waals surface area contributed by atoms with E-state index in [2.05, 4.69) is 15.9 Å². The van der Waals surface area contributed by atoms with Crippen molar-refractivity contribution >= 4 is 33.8 Å². The van der Waals surface area contributed by atoms with E-state index in [1.54, 1.807) is 42.5 Å². The van der Waals surface area contributed by atoms with Crippen molar-refractivity contribution in [2.75, 3.05) is 0 Å². The standard InChI is InChI=1S/C23H15BrO4/c1-14-6-2-3-7-15(14)12-21-22(25)18-11-10-16(13-20(18)28-21)27-23(26)17-8-4-5-9-19(17)24/h2-13H,1H3. The molecule has 3 aromatic carbocycles. The number of hydrogen-bond donors (Lipinski definition) is 0. The van der Waals surface area contributed by atoms with Gasteiger partial charge >= 0.3 is 5.97 Å². The lowest BCUT2D eigenvalue weighted by Crippen LogP contribution is -2.09. The van der Waals surface area contributed by atoms with Gasteiger partial charge in [0.1, 0.15) is 11.5 Å². The number of carbonyl (C=O) groups is 2. The molecule has 4 nitrogen and oxygen atoms in total. The maximum absolute atomic E-state index is 12.6. The van der Waals surface area contributed by atoms with Crippen LogP contribution >= 0.6 is 15.9 Å². The molecular weight excluding hydrogens is 420 g/mol. The largest absolute Gasteiger partial charge is 0.452 e. The number of esters is 1. The number of rotatable bonds is 3. The monoisotopic (exact) mass is 434 g/mol. The first-order chi connectivity index (χ1) is 13.5. The van der Waals surface area contributed by atoms with Crippen molar-refractivity contribution in [3.05, 3.63) is 99.2 Å². The van der Waals surface area contributed by atoms with Crippen molar-refractivity contribution in [1.82, 2.24) is 0 Å². The van der Waals surface area contributed by atoms with E-state index in [1.807, 2.05) is 37.3 Å². The van der Waals surface area contributed by atoms with Gasteiger partial charge in [0.2, 0.25) is 5.78 Å². The van der Waals surface area contributed by atoms with E-state index in [-0.39, 0.29) is 11.5 Å². The Morgan fingerprint density at radius 1 is 1.04 bits per heavy atom. The molecule has 0 atom stereocenters. The van der Waals surface area contributed by atoms with Crippen LogP contribution in [-0.2, 0) is 0 Å². The van der Waals surface area contributed by atoms with Crippen molar-refractivity contribution in [1.29, 1.82) is 0 Å². The fourth-order valence-electron chi connectivity index (χ4n) is 2.91. The molecule has 0 aromatic heterocycles. The highest BCUT2D eigenvalue weighted by molar-refractivity contribution is 9.10. The fraction of sp³-hybridized carbons (Fsp3) is 0.0435. The lowest BCUT2D eigenvalue weighted by molar-refractivity contribution is 0.0733. The summed E-state index contributed by atoms with van der Waals surface area (Å²) in [7, 11) is 0. The molecule has 138 valence electrons. The van der Waals surface area contributed by atoms with Gasteiger partial charge in [-0.2, -0.15) is 0 Å². The SMILES string of the molecule is Cc1ccccc1C=C1Oc2cc(OC(=O)c3ccccc3Br)ccc2C1=O. The predicted molar refractivity (Wildman–Crippen MR) is 110 cm³/mol. The normalized spacial score (nSPS) is 13.9. The van der Waals surface area contributed by atoms with Gasteiger partial charge < -0.3 is 9.47 Å². The number of halogens is 1. The molecule has 4 rings (SSSR count). The van der Waals surface area contributed by atoms with Crippen LogP contribution in [0.3, 0.4) is 0 Å². The molecule has 0 radical (unpaired) electrons. The lowest BCUT2D eigenvalue weighted by atomic mass is 10.1. The molecule has 0 aliphatic carbocycles. The van der Waals surface area contributed by atoms with Crippen molar-refractivity contribution in [2.45, 2.75) is 6.92 Å². The van der Waals surface area contributed by atoms with E-state index in [0.29, 0.717) is 27.1 Å². The van der Waals surface area contributed by atoms with E-state index < -0.39 is 5.97 Å². The molecule has 1 heterocycles. The van der Waals surface area contributed by atoms with Crippen LogP contribution in [0.2, 0.25) is 0 Å². The topological polar surface area (TPSA) is 52.6 Å². The highest BCUT2D eigenvalue weighted by atomic mass is 79.9. The molecule has 3 aromatic rings. The van der Waals surface area contributed by atoms with Gasteiger partial charge in [-0.25, -0.2) is 4.79 Å². The molecule has 0 fully saturated rings. The summed E-state index contributed by atoms with van der Waals surface area (Å²) in [4.78, 5) is 25.0. The van der Waals surface area contributed by atoms with Crippen LogP contribution in [0.5, 0.6) is 11.5 Å². The number of carbonyl (C=O) groups excluding carboxylic acids is 2. The minimum Gasteiger partial charge on any atom is -0.452 e. The molecule has 0 saturated carbocycles. The Labute approximate surface area is 170 Å². The van der Waals surface area contributed by atoms with Crippen LogP contribution in [-0.4, -0.2) is 11.8 Å². The first-order valence-corrected chi connectivity index (χ1v) is 9.43. The summed E-state index contributed by atoms with van der Waals surface area (Å²) in [6.45, 7) is 1.97. The number of ketones is 1. The van der Waals surface area contributed by atoms with Gasteiger partial charge in [0.05, 0.1) is 11.1 Å². The summed E-state index contributed by atoms with van der Waals surface area (Å²) in [6.07, 6.45) is 1.73. The van der Waals surface area contributed by atoms with Gasteiger partial charge in [-0.15, -0.1) is 0 Å². The van der Waals surface area contributed by atoms with Crippen LogP contribution in [0.1, 0.15) is 31.8 Å². The summed E-state index contributed by atoms with van der Waals surface area (Å²) < 4.78 is 11.8. The summed E-state index contributed by atoms with van der Waals surface area (Å²) >= 11 is 3.34. The van der Waals surface area contributed by atoms with Crippen LogP contribution in [0.4, 0.5) is 0 Å². The second kappa shape index (κ2) is 7.44. The van der Waals surface area contributed by atoms with Gasteiger partial charge in [-0.1, -0.05) is 36.4 Å². The first kappa shape index (κ1) is 18.2. The predicted octanol–water partition coefficient (Wildman–Crippen LogP) is 5.59. The third kappa shape index (κ3) is 3.49. The first-order valence-electron chi connectivity index (χ1n) is 8.63. The Kier molecular flexibility index (Phi) is 4.84. The smallest absolute Gasteiger partial charge is 0.344 e. The third-order valence-electron chi connectivity index (χ3n) is 4.42. The van der Waals surface area contributed by atoms with Crippen molar-refractivity contribution in [3.63, 3.8) is 0 Å². The molecule has 0 N–H and O–H groups in total. The molecule has 0 spiro atoms. The Morgan fingerprint density at radius 3 is 2.57 bits per heavy atom. The fourth-order valence-corrected chi connectivity index (χ4v) is 3.36. The Balaban J connectivity index is 1.58. The Morgan fingerprint density at radius 2 is 1.79 bits per heavy atom. The number of Topliss-reactive ketones (excluding diaryl/α,β-unsaturated/α-hetero) is 1. The van der Waals surface area contributed by atoms with E-state index in [1.165, 1.54) is 0 Å². The van der Waals surface area contributed by atoms with Crippen LogP contribution < -0.4 is 9.47 Å². The number of benzene rings is 3. The molecule has 0 unspecified atom stereocenters. The molecule has 0 saturated heterocycles. The zero-order valence-electron chi connectivity index (χ0n) is 14.9. The highest BCUT2D eigenvalue weighted by Crippen LogP contribution is 2.35. The zero-order chi connectivity index (χ0) is 19.7. The van der Waals surface area contributed by atoms with E-state index in [4.69, 9.17) is 9.47 Å². The molecule has 5 heteroatoms. The van der Waals surface area contributed by atoms with Crippen molar-refractivity contribution in [3.8, 4) is 11.5 Å². The average Bonchev–Trinajstić information content (AvgIpc) is 2.99. The molecular formula is C23H15BrO4. The second-order valence-corrected chi connectivity index (χ2v) is 7.18. The molecule has 0 amide bonds. The van der Waals surface area contributed by atoms with Crippen LogP contribution in [0.25, 0.3) is 6.08 Å². The summed E-state index contributed by atoms with van der Waals surface area (Å²) in [5.41, 5.74) is 2.82. The van der Waals surface area contributed by atoms with E-state index in [9.17, 15) is 9.59 Å². The summed E-state index contributed by atoms with van der Waals surface area (Å²) in [6, 6.07) is 19.5. The van der Waals surface area contributed by atoms with Gasteiger partial charge in [-0.3, -0.25) is 4.79 Å². The van der Waals surface area contributed by atoms with Gasteiger partial charge in [0.25, 0.3) is 0 Å². The number of aryl methyl sites for hydroxylation is 1. The molecule has 28 heavy (non-hydrogen) atoms. The zero-order valence-corrected chi connectivity index (χ0v) is 16.5. The Bertz CT molecular complexity index is 1130. The quantitative estimate of drug-likeness (QED) is 0.306. The van der Waals surface area contributed by atoms with Gasteiger partial charge in [-0.05, 0) is 64.3 Å². The number of hydrogen-bond acceptors (Lipinski definition) is 4. The van der Waals surface area contributed by atoms with Crippen molar-refractivity contribution in [2.24, 2.45) is 0 Å². The maximum atomic E-state index is 12.6. The number of ether oxygens (including phenoxy) is 2. The lowest BCUT2D eigenvalue weighted by Gasteiger charge is -2.07.